The highest BCUT2D eigenvalue weighted by Crippen LogP contribution is 2.23. The van der Waals surface area contributed by atoms with Crippen molar-refractivity contribution < 1.29 is 9.59 Å². The first kappa shape index (κ1) is 17.2. The first-order valence-electron chi connectivity index (χ1n) is 7.44. The van der Waals surface area contributed by atoms with Crippen LogP contribution in [0.1, 0.15) is 22.5 Å². The quantitative estimate of drug-likeness (QED) is 0.668. The van der Waals surface area contributed by atoms with Gasteiger partial charge in [0.25, 0.3) is 0 Å². The Kier molecular flexibility index (Phi) is 5.20. The highest BCUT2D eigenvalue weighted by molar-refractivity contribution is 7.18. The van der Waals surface area contributed by atoms with Gasteiger partial charge in [0.05, 0.1) is 9.21 Å². The SMILES string of the molecule is Cn1nnnc1-c1cccc(NC(=O)CCC(=O)c2ccc(Cl)s2)c1. The summed E-state index contributed by atoms with van der Waals surface area (Å²) in [7, 11) is 1.74. The molecule has 0 saturated carbocycles. The fraction of sp³-hybridized carbons (Fsp3) is 0.188. The number of rotatable bonds is 6. The summed E-state index contributed by atoms with van der Waals surface area (Å²) < 4.78 is 2.11. The monoisotopic (exact) mass is 375 g/mol. The largest absolute Gasteiger partial charge is 0.326 e. The van der Waals surface area contributed by atoms with Crippen molar-refractivity contribution in [3.8, 4) is 11.4 Å². The lowest BCUT2D eigenvalue weighted by molar-refractivity contribution is -0.116. The molecule has 0 atom stereocenters. The number of carbonyl (C=O) groups is 2. The van der Waals surface area contributed by atoms with E-state index in [9.17, 15) is 9.59 Å². The second-order valence-corrected chi connectivity index (χ2v) is 7.00. The third-order valence-electron chi connectivity index (χ3n) is 3.45. The number of thiophene rings is 1. The Morgan fingerprint density at radius 2 is 2.08 bits per heavy atom. The molecule has 0 radical (unpaired) electrons. The molecule has 0 aliphatic rings. The van der Waals surface area contributed by atoms with E-state index in [4.69, 9.17) is 11.6 Å². The Hall–Kier alpha value is -2.58. The minimum atomic E-state index is -0.232. The molecule has 0 spiro atoms. The van der Waals surface area contributed by atoms with Gasteiger partial charge in [-0.15, -0.1) is 16.4 Å². The van der Waals surface area contributed by atoms with Gasteiger partial charge in [0.15, 0.2) is 11.6 Å². The molecule has 9 heteroatoms. The summed E-state index contributed by atoms with van der Waals surface area (Å²) in [6.45, 7) is 0. The van der Waals surface area contributed by atoms with Gasteiger partial charge < -0.3 is 5.32 Å². The highest BCUT2D eigenvalue weighted by Gasteiger charge is 2.12. The smallest absolute Gasteiger partial charge is 0.224 e. The molecule has 1 amide bonds. The normalized spacial score (nSPS) is 10.6. The number of hydrogen-bond donors (Lipinski definition) is 1. The summed E-state index contributed by atoms with van der Waals surface area (Å²) in [6, 6.07) is 10.6. The molecule has 0 aliphatic heterocycles. The molecule has 2 heterocycles. The molecule has 0 saturated heterocycles. The van der Waals surface area contributed by atoms with Crippen LogP contribution in [0.3, 0.4) is 0 Å². The molecule has 0 aliphatic carbocycles. The van der Waals surface area contributed by atoms with Crippen LogP contribution < -0.4 is 5.32 Å². The van der Waals surface area contributed by atoms with Gasteiger partial charge in [0, 0.05) is 31.1 Å². The van der Waals surface area contributed by atoms with Gasteiger partial charge in [-0.2, -0.15) is 0 Å². The Bertz CT molecular complexity index is 921. The van der Waals surface area contributed by atoms with Gasteiger partial charge >= 0.3 is 0 Å². The van der Waals surface area contributed by atoms with Crippen LogP contribution in [0.15, 0.2) is 36.4 Å². The van der Waals surface area contributed by atoms with Crippen molar-refractivity contribution in [1.29, 1.82) is 0 Å². The van der Waals surface area contributed by atoms with E-state index in [0.717, 1.165) is 5.56 Å². The van der Waals surface area contributed by atoms with Crippen LogP contribution in [-0.4, -0.2) is 31.9 Å². The summed E-state index contributed by atoms with van der Waals surface area (Å²) in [5.41, 5.74) is 1.41. The predicted octanol–water partition coefficient (Wildman–Crippen LogP) is 3.19. The predicted molar refractivity (Wildman–Crippen MR) is 95.8 cm³/mol. The van der Waals surface area contributed by atoms with Crippen LogP contribution in [0.25, 0.3) is 11.4 Å². The third-order valence-corrected chi connectivity index (χ3v) is 4.72. The molecule has 25 heavy (non-hydrogen) atoms. The minimum Gasteiger partial charge on any atom is -0.326 e. The third kappa shape index (κ3) is 4.28. The van der Waals surface area contributed by atoms with E-state index >= 15 is 0 Å². The fourth-order valence-corrected chi connectivity index (χ4v) is 3.26. The molecule has 1 aromatic carbocycles. The zero-order valence-corrected chi connectivity index (χ0v) is 14.8. The minimum absolute atomic E-state index is 0.0917. The molecule has 0 fully saturated rings. The van der Waals surface area contributed by atoms with Crippen molar-refractivity contribution in [2.45, 2.75) is 12.8 Å². The standard InChI is InChI=1S/C16H14ClN5O2S/c1-22-16(19-20-21-22)10-3-2-4-11(9-10)18-15(24)8-5-12(23)13-6-7-14(17)25-13/h2-4,6-7,9H,5,8H2,1H3,(H,18,24). The van der Waals surface area contributed by atoms with Crippen LogP contribution in [0.5, 0.6) is 0 Å². The molecule has 0 bridgehead atoms. The fourth-order valence-electron chi connectivity index (χ4n) is 2.25. The lowest BCUT2D eigenvalue weighted by Gasteiger charge is -2.06. The van der Waals surface area contributed by atoms with Crippen molar-refractivity contribution in [1.82, 2.24) is 20.2 Å². The number of amides is 1. The van der Waals surface area contributed by atoms with E-state index in [2.05, 4.69) is 20.8 Å². The van der Waals surface area contributed by atoms with Crippen molar-refractivity contribution in [2.24, 2.45) is 7.05 Å². The molecule has 0 unspecified atom stereocenters. The number of aryl methyl sites for hydroxylation is 1. The van der Waals surface area contributed by atoms with Crippen LogP contribution in [0.4, 0.5) is 5.69 Å². The number of hydrogen-bond acceptors (Lipinski definition) is 6. The van der Waals surface area contributed by atoms with Gasteiger partial charge in [-0.25, -0.2) is 4.68 Å². The van der Waals surface area contributed by atoms with Crippen LogP contribution in [-0.2, 0) is 11.8 Å². The highest BCUT2D eigenvalue weighted by atomic mass is 35.5. The number of nitrogens with zero attached hydrogens (tertiary/aromatic N) is 4. The number of carbonyl (C=O) groups excluding carboxylic acids is 2. The van der Waals surface area contributed by atoms with Gasteiger partial charge in [0.1, 0.15) is 0 Å². The topological polar surface area (TPSA) is 89.8 Å². The average molecular weight is 376 g/mol. The van der Waals surface area contributed by atoms with Gasteiger partial charge in [-0.05, 0) is 34.7 Å². The number of Topliss-reactive ketones (excluding diaryl/α,β-unsaturated/α-hetero) is 1. The summed E-state index contributed by atoms with van der Waals surface area (Å²) in [4.78, 5) is 24.7. The summed E-state index contributed by atoms with van der Waals surface area (Å²) in [5, 5.41) is 14.1. The maximum Gasteiger partial charge on any atom is 0.224 e. The molecular weight excluding hydrogens is 362 g/mol. The number of nitrogens with one attached hydrogen (secondary N) is 1. The number of ketones is 1. The van der Waals surface area contributed by atoms with Crippen LogP contribution in [0, 0.1) is 0 Å². The summed E-state index contributed by atoms with van der Waals surface area (Å²) in [5.74, 6) is 0.274. The molecule has 2 aromatic heterocycles. The Morgan fingerprint density at radius 1 is 1.24 bits per heavy atom. The van der Waals surface area contributed by atoms with E-state index in [-0.39, 0.29) is 24.5 Å². The first-order valence-corrected chi connectivity index (χ1v) is 8.63. The maximum atomic E-state index is 12.1. The summed E-state index contributed by atoms with van der Waals surface area (Å²) in [6.07, 6.45) is 0.236. The first-order chi connectivity index (χ1) is 12.0. The number of anilines is 1. The number of halogens is 1. The van der Waals surface area contributed by atoms with E-state index in [1.807, 2.05) is 6.07 Å². The second kappa shape index (κ2) is 7.54. The second-order valence-electron chi connectivity index (χ2n) is 5.28. The Labute approximate surface area is 152 Å². The number of aromatic nitrogens is 4. The Balaban J connectivity index is 1.60. The summed E-state index contributed by atoms with van der Waals surface area (Å²) >= 11 is 7.03. The van der Waals surface area contributed by atoms with Crippen molar-refractivity contribution >= 4 is 40.3 Å². The number of benzene rings is 1. The average Bonchev–Trinajstić information content (AvgIpc) is 3.21. The molecule has 3 aromatic rings. The van der Waals surface area contributed by atoms with Crippen molar-refractivity contribution in [2.75, 3.05) is 5.32 Å². The zero-order valence-electron chi connectivity index (χ0n) is 13.3. The van der Waals surface area contributed by atoms with Gasteiger partial charge in [0.2, 0.25) is 5.91 Å². The van der Waals surface area contributed by atoms with E-state index in [1.165, 1.54) is 11.3 Å². The van der Waals surface area contributed by atoms with Crippen LogP contribution in [0.2, 0.25) is 4.34 Å². The molecule has 1 N–H and O–H groups in total. The molecule has 7 nitrogen and oxygen atoms in total. The van der Waals surface area contributed by atoms with Crippen molar-refractivity contribution in [3.05, 3.63) is 45.6 Å². The van der Waals surface area contributed by atoms with E-state index in [0.29, 0.717) is 20.7 Å². The molecule has 128 valence electrons. The Morgan fingerprint density at radius 3 is 2.76 bits per heavy atom. The van der Waals surface area contributed by atoms with E-state index < -0.39 is 0 Å². The zero-order chi connectivity index (χ0) is 17.8. The molecular formula is C16H14ClN5O2S. The van der Waals surface area contributed by atoms with Crippen LogP contribution >= 0.6 is 22.9 Å². The lowest BCUT2D eigenvalue weighted by atomic mass is 10.1. The molecule has 3 rings (SSSR count). The van der Waals surface area contributed by atoms with Gasteiger partial charge in [-0.3, -0.25) is 9.59 Å². The van der Waals surface area contributed by atoms with E-state index in [1.54, 1.807) is 42.1 Å². The maximum absolute atomic E-state index is 12.1. The van der Waals surface area contributed by atoms with Crippen molar-refractivity contribution in [3.63, 3.8) is 0 Å². The van der Waals surface area contributed by atoms with Gasteiger partial charge in [-0.1, -0.05) is 23.7 Å². The number of tetrazole rings is 1. The lowest BCUT2D eigenvalue weighted by Crippen LogP contribution is -2.13.